The van der Waals surface area contributed by atoms with Crippen LogP contribution in [0.15, 0.2) is 58.2 Å². The number of benzene rings is 1. The van der Waals surface area contributed by atoms with E-state index in [0.717, 1.165) is 11.6 Å². The molecular formula is C15H19N3O5S. The van der Waals surface area contributed by atoms with Crippen molar-refractivity contribution in [2.24, 2.45) is 10.7 Å². The molecule has 0 saturated heterocycles. The lowest BCUT2D eigenvalue weighted by atomic mass is 10.2. The summed E-state index contributed by atoms with van der Waals surface area (Å²) in [5.41, 5.74) is 5.95. The Kier molecular flexibility index (Phi) is 6.69. The molecule has 0 atom stereocenters. The van der Waals surface area contributed by atoms with Gasteiger partial charge in [0.15, 0.2) is 0 Å². The molecule has 0 amide bonds. The number of carboxylic acid groups (broad SMARTS) is 1. The van der Waals surface area contributed by atoms with Gasteiger partial charge in [0.25, 0.3) is 10.0 Å². The first-order chi connectivity index (χ1) is 11.2. The fourth-order valence-corrected chi connectivity index (χ4v) is 2.61. The van der Waals surface area contributed by atoms with Crippen LogP contribution in [-0.4, -0.2) is 39.0 Å². The predicted octanol–water partition coefficient (Wildman–Crippen LogP) is 1.08. The Hall–Kier alpha value is -2.65. The van der Waals surface area contributed by atoms with Gasteiger partial charge in [-0.25, -0.2) is 18.2 Å². The number of aromatic carboxylic acids is 1. The molecule has 0 saturated carbocycles. The van der Waals surface area contributed by atoms with Crippen molar-refractivity contribution in [1.29, 1.82) is 0 Å². The molecule has 9 heteroatoms. The standard InChI is InChI=1S/C15H19N3O5S/c1-10(8-16)9-17-14(23-3)11(2)18-24(21,22)13-6-4-5-12(7-13)15(19)20/h4-7,9,18H,2,8,16H2,1,3H3,(H,19,20)/b10-9+,17-14+. The lowest BCUT2D eigenvalue weighted by Crippen LogP contribution is -2.27. The summed E-state index contributed by atoms with van der Waals surface area (Å²) < 4.78 is 31.8. The van der Waals surface area contributed by atoms with E-state index in [4.69, 9.17) is 15.6 Å². The Labute approximate surface area is 140 Å². The summed E-state index contributed by atoms with van der Waals surface area (Å²) in [7, 11) is -2.72. The number of nitrogens with zero attached hydrogens (tertiary/aromatic N) is 1. The number of nitrogens with two attached hydrogens (primary N) is 1. The third-order valence-corrected chi connectivity index (χ3v) is 4.21. The Balaban J connectivity index is 3.07. The van der Waals surface area contributed by atoms with E-state index < -0.39 is 16.0 Å². The number of hydrogen-bond acceptors (Lipinski definition) is 6. The molecule has 1 rings (SSSR count). The highest BCUT2D eigenvalue weighted by Crippen LogP contribution is 2.13. The maximum Gasteiger partial charge on any atom is 0.335 e. The molecule has 130 valence electrons. The number of sulfonamides is 1. The van der Waals surface area contributed by atoms with Crippen LogP contribution >= 0.6 is 0 Å². The third-order valence-electron chi connectivity index (χ3n) is 2.82. The lowest BCUT2D eigenvalue weighted by molar-refractivity contribution is 0.0696. The first-order valence-corrected chi connectivity index (χ1v) is 8.22. The van der Waals surface area contributed by atoms with Crippen molar-refractivity contribution in [3.05, 3.63) is 53.9 Å². The molecule has 0 unspecified atom stereocenters. The average molecular weight is 353 g/mol. The van der Waals surface area contributed by atoms with Gasteiger partial charge in [-0.1, -0.05) is 12.6 Å². The van der Waals surface area contributed by atoms with Crippen LogP contribution in [0.2, 0.25) is 0 Å². The number of carboxylic acids is 1. The quantitative estimate of drug-likeness (QED) is 0.496. The number of carbonyl (C=O) groups is 1. The van der Waals surface area contributed by atoms with E-state index >= 15 is 0 Å². The molecular weight excluding hydrogens is 334 g/mol. The lowest BCUT2D eigenvalue weighted by Gasteiger charge is -2.12. The van der Waals surface area contributed by atoms with Gasteiger partial charge in [-0.15, -0.1) is 0 Å². The van der Waals surface area contributed by atoms with Gasteiger partial charge in [-0.05, 0) is 30.7 Å². The zero-order valence-electron chi connectivity index (χ0n) is 13.3. The molecule has 1 aromatic carbocycles. The van der Waals surface area contributed by atoms with Gasteiger partial charge >= 0.3 is 5.97 Å². The molecule has 0 aliphatic heterocycles. The van der Waals surface area contributed by atoms with Crippen molar-refractivity contribution in [2.75, 3.05) is 13.7 Å². The topological polar surface area (TPSA) is 131 Å². The van der Waals surface area contributed by atoms with E-state index in [-0.39, 0.29) is 22.1 Å². The van der Waals surface area contributed by atoms with E-state index in [1.54, 1.807) is 6.92 Å². The van der Waals surface area contributed by atoms with Gasteiger partial charge in [-0.3, -0.25) is 4.72 Å². The van der Waals surface area contributed by atoms with Gasteiger partial charge in [0.1, 0.15) is 5.70 Å². The van der Waals surface area contributed by atoms with Crippen LogP contribution in [0.3, 0.4) is 0 Å². The average Bonchev–Trinajstić information content (AvgIpc) is 2.54. The molecule has 0 bridgehead atoms. The number of nitrogens with one attached hydrogen (secondary N) is 1. The maximum absolute atomic E-state index is 12.3. The molecule has 0 aliphatic carbocycles. The van der Waals surface area contributed by atoms with Crippen LogP contribution in [0.1, 0.15) is 17.3 Å². The fourth-order valence-electron chi connectivity index (χ4n) is 1.54. The van der Waals surface area contributed by atoms with Gasteiger partial charge in [-0.2, -0.15) is 0 Å². The minimum atomic E-state index is -4.03. The van der Waals surface area contributed by atoms with E-state index in [9.17, 15) is 13.2 Å². The van der Waals surface area contributed by atoms with E-state index in [0.29, 0.717) is 6.54 Å². The van der Waals surface area contributed by atoms with Gasteiger partial charge < -0.3 is 15.6 Å². The molecule has 0 aromatic heterocycles. The SMILES string of the molecule is C=C(NS(=O)(=O)c1cccc(C(=O)O)c1)/C(=N\C=C(/C)CN)OC. The number of hydrogen-bond donors (Lipinski definition) is 3. The summed E-state index contributed by atoms with van der Waals surface area (Å²) in [4.78, 5) is 14.7. The number of aliphatic imine (C=N–C) groups is 1. The van der Waals surface area contributed by atoms with Crippen molar-refractivity contribution < 1.29 is 23.1 Å². The second-order valence-electron chi connectivity index (χ2n) is 4.73. The second-order valence-corrected chi connectivity index (χ2v) is 6.42. The Morgan fingerprint density at radius 1 is 1.50 bits per heavy atom. The largest absolute Gasteiger partial charge is 0.480 e. The fraction of sp³-hybridized carbons (Fsp3) is 0.200. The zero-order valence-corrected chi connectivity index (χ0v) is 14.1. The van der Waals surface area contributed by atoms with Crippen molar-refractivity contribution in [3.8, 4) is 0 Å². The molecule has 24 heavy (non-hydrogen) atoms. The summed E-state index contributed by atoms with van der Waals surface area (Å²) in [6, 6.07) is 4.93. The van der Waals surface area contributed by atoms with Crippen LogP contribution < -0.4 is 10.5 Å². The monoisotopic (exact) mass is 353 g/mol. The second kappa shape index (κ2) is 8.27. The van der Waals surface area contributed by atoms with Crippen molar-refractivity contribution in [2.45, 2.75) is 11.8 Å². The minimum absolute atomic E-state index is 0.0410. The van der Waals surface area contributed by atoms with E-state index in [2.05, 4.69) is 16.3 Å². The molecule has 0 aliphatic rings. The normalized spacial score (nSPS) is 12.6. The molecule has 0 spiro atoms. The van der Waals surface area contributed by atoms with Crippen molar-refractivity contribution >= 4 is 21.9 Å². The third kappa shape index (κ3) is 5.21. The van der Waals surface area contributed by atoms with Crippen LogP contribution in [0.25, 0.3) is 0 Å². The summed E-state index contributed by atoms with van der Waals surface area (Å²) in [5.74, 6) is -1.27. The summed E-state index contributed by atoms with van der Waals surface area (Å²) in [6.07, 6.45) is 1.43. The Morgan fingerprint density at radius 3 is 2.71 bits per heavy atom. The minimum Gasteiger partial charge on any atom is -0.480 e. The van der Waals surface area contributed by atoms with Gasteiger partial charge in [0.05, 0.1) is 17.6 Å². The Morgan fingerprint density at radius 2 is 2.17 bits per heavy atom. The summed E-state index contributed by atoms with van der Waals surface area (Å²) >= 11 is 0. The predicted molar refractivity (Wildman–Crippen MR) is 90.1 cm³/mol. The highest BCUT2D eigenvalue weighted by atomic mass is 32.2. The summed E-state index contributed by atoms with van der Waals surface area (Å²) in [5, 5.41) is 8.94. The van der Waals surface area contributed by atoms with Gasteiger partial charge in [0.2, 0.25) is 5.90 Å². The van der Waals surface area contributed by atoms with E-state index in [1.807, 2.05) is 0 Å². The maximum atomic E-state index is 12.3. The number of methoxy groups -OCH3 is 1. The molecule has 1 aromatic rings. The first kappa shape index (κ1) is 19.4. The number of rotatable bonds is 7. The van der Waals surface area contributed by atoms with Crippen LogP contribution in [0.5, 0.6) is 0 Å². The van der Waals surface area contributed by atoms with E-state index in [1.165, 1.54) is 31.5 Å². The molecule has 0 heterocycles. The van der Waals surface area contributed by atoms with Crippen molar-refractivity contribution in [3.63, 3.8) is 0 Å². The van der Waals surface area contributed by atoms with Crippen LogP contribution in [-0.2, 0) is 14.8 Å². The van der Waals surface area contributed by atoms with Gasteiger partial charge in [0, 0.05) is 12.7 Å². The molecule has 0 fully saturated rings. The first-order valence-electron chi connectivity index (χ1n) is 6.74. The highest BCUT2D eigenvalue weighted by Gasteiger charge is 2.19. The highest BCUT2D eigenvalue weighted by molar-refractivity contribution is 7.89. The Bertz CT molecular complexity index is 797. The zero-order chi connectivity index (χ0) is 18.3. The van der Waals surface area contributed by atoms with Crippen molar-refractivity contribution in [1.82, 2.24) is 4.72 Å². The van der Waals surface area contributed by atoms with Crippen LogP contribution in [0.4, 0.5) is 0 Å². The number of ether oxygens (including phenoxy) is 1. The smallest absolute Gasteiger partial charge is 0.335 e. The molecule has 0 radical (unpaired) electrons. The molecule has 4 N–H and O–H groups in total. The molecule has 8 nitrogen and oxygen atoms in total. The van der Waals surface area contributed by atoms with Crippen LogP contribution in [0, 0.1) is 0 Å². The summed E-state index contributed by atoms with van der Waals surface area (Å²) in [6.45, 7) is 5.62.